The number of benzene rings is 1. The lowest BCUT2D eigenvalue weighted by Crippen LogP contribution is -2.36. The second-order valence-electron chi connectivity index (χ2n) is 5.77. The molecule has 1 unspecified atom stereocenters. The van der Waals surface area contributed by atoms with Gasteiger partial charge >= 0.3 is 0 Å². The summed E-state index contributed by atoms with van der Waals surface area (Å²) in [7, 11) is 0. The van der Waals surface area contributed by atoms with Gasteiger partial charge in [0.25, 0.3) is 5.91 Å². The van der Waals surface area contributed by atoms with Gasteiger partial charge in [-0.15, -0.1) is 0 Å². The van der Waals surface area contributed by atoms with Crippen molar-refractivity contribution in [2.75, 3.05) is 11.4 Å². The number of nitrogens with one attached hydrogen (secondary N) is 1. The zero-order chi connectivity index (χ0) is 14.9. The van der Waals surface area contributed by atoms with Gasteiger partial charge in [0.15, 0.2) is 0 Å². The topological polar surface area (TPSA) is 49.4 Å². The van der Waals surface area contributed by atoms with Crippen LogP contribution in [0.5, 0.6) is 0 Å². The van der Waals surface area contributed by atoms with Crippen molar-refractivity contribution in [1.29, 1.82) is 0 Å². The number of rotatable bonds is 3. The average molecular weight is 274 g/mol. The predicted molar refractivity (Wildman–Crippen MR) is 79.9 cm³/mol. The van der Waals surface area contributed by atoms with Crippen molar-refractivity contribution in [2.45, 2.75) is 40.2 Å². The Balaban J connectivity index is 2.17. The first-order chi connectivity index (χ1) is 9.40. The maximum Gasteiger partial charge on any atom is 0.251 e. The molecule has 0 aliphatic carbocycles. The van der Waals surface area contributed by atoms with Crippen molar-refractivity contribution in [3.63, 3.8) is 0 Å². The number of hydrogen-bond donors (Lipinski definition) is 1. The molecule has 2 amide bonds. The largest absolute Gasteiger partial charge is 0.349 e. The van der Waals surface area contributed by atoms with Gasteiger partial charge in [0.2, 0.25) is 5.91 Å². The van der Waals surface area contributed by atoms with Crippen LogP contribution in [-0.2, 0) is 11.2 Å². The summed E-state index contributed by atoms with van der Waals surface area (Å²) in [5, 5.41) is 3.00. The van der Waals surface area contributed by atoms with Gasteiger partial charge in [-0.05, 0) is 43.0 Å². The summed E-state index contributed by atoms with van der Waals surface area (Å²) < 4.78 is 0. The maximum absolute atomic E-state index is 12.2. The molecule has 1 aliphatic heterocycles. The Labute approximate surface area is 120 Å². The van der Waals surface area contributed by atoms with Crippen molar-refractivity contribution < 1.29 is 9.59 Å². The summed E-state index contributed by atoms with van der Waals surface area (Å²) in [6.45, 7) is 8.45. The highest BCUT2D eigenvalue weighted by Gasteiger charge is 2.23. The fourth-order valence-corrected chi connectivity index (χ4v) is 2.33. The number of carbonyl (C=O) groups is 2. The van der Waals surface area contributed by atoms with E-state index in [4.69, 9.17) is 0 Å². The summed E-state index contributed by atoms with van der Waals surface area (Å²) in [6.07, 6.45) is 0.815. The molecule has 1 aliphatic rings. The third kappa shape index (κ3) is 2.84. The molecule has 4 nitrogen and oxygen atoms in total. The van der Waals surface area contributed by atoms with Crippen LogP contribution in [-0.4, -0.2) is 24.4 Å². The molecular formula is C16H22N2O2. The van der Waals surface area contributed by atoms with Gasteiger partial charge in [0, 0.05) is 30.8 Å². The Morgan fingerprint density at radius 3 is 2.55 bits per heavy atom. The zero-order valence-corrected chi connectivity index (χ0v) is 12.6. The standard InChI is InChI=1S/C16H22N2O2/c1-10(2)11(3)17-16(20)14-5-6-15-13(9-14)7-8-18(15)12(4)19/h5-6,9-11H,7-8H2,1-4H3,(H,17,20). The first kappa shape index (κ1) is 14.6. The highest BCUT2D eigenvalue weighted by atomic mass is 16.2. The number of amides is 2. The van der Waals surface area contributed by atoms with Crippen molar-refractivity contribution in [1.82, 2.24) is 5.32 Å². The molecule has 0 saturated heterocycles. The number of hydrogen-bond acceptors (Lipinski definition) is 2. The van der Waals surface area contributed by atoms with Crippen LogP contribution in [0.3, 0.4) is 0 Å². The predicted octanol–water partition coefficient (Wildman–Crippen LogP) is 2.37. The van der Waals surface area contributed by atoms with Crippen LogP contribution in [0.25, 0.3) is 0 Å². The van der Waals surface area contributed by atoms with Gasteiger partial charge < -0.3 is 10.2 Å². The van der Waals surface area contributed by atoms with E-state index in [0.29, 0.717) is 18.0 Å². The zero-order valence-electron chi connectivity index (χ0n) is 12.6. The molecule has 0 aromatic heterocycles. The van der Waals surface area contributed by atoms with Gasteiger partial charge in [-0.2, -0.15) is 0 Å². The molecule has 0 radical (unpaired) electrons. The van der Waals surface area contributed by atoms with E-state index in [9.17, 15) is 9.59 Å². The first-order valence-corrected chi connectivity index (χ1v) is 7.12. The number of anilines is 1. The molecule has 1 aromatic carbocycles. The van der Waals surface area contributed by atoms with Crippen molar-refractivity contribution in [3.05, 3.63) is 29.3 Å². The fraction of sp³-hybridized carbons (Fsp3) is 0.500. The molecule has 4 heteroatoms. The molecule has 0 fully saturated rings. The summed E-state index contributed by atoms with van der Waals surface area (Å²) >= 11 is 0. The van der Waals surface area contributed by atoms with Crippen LogP contribution in [0.1, 0.15) is 43.6 Å². The monoisotopic (exact) mass is 274 g/mol. The number of nitrogens with zero attached hydrogens (tertiary/aromatic N) is 1. The Bertz CT molecular complexity index is 537. The Morgan fingerprint density at radius 2 is 1.95 bits per heavy atom. The molecule has 0 saturated carbocycles. The van der Waals surface area contributed by atoms with Gasteiger partial charge in [-0.1, -0.05) is 13.8 Å². The summed E-state index contributed by atoms with van der Waals surface area (Å²) in [5.41, 5.74) is 2.68. The van der Waals surface area contributed by atoms with E-state index in [1.54, 1.807) is 17.9 Å². The van der Waals surface area contributed by atoms with Crippen LogP contribution in [0.15, 0.2) is 18.2 Å². The second-order valence-corrected chi connectivity index (χ2v) is 5.77. The van der Waals surface area contributed by atoms with E-state index in [-0.39, 0.29) is 17.9 Å². The molecule has 1 aromatic rings. The van der Waals surface area contributed by atoms with Crippen molar-refractivity contribution in [2.24, 2.45) is 5.92 Å². The van der Waals surface area contributed by atoms with Gasteiger partial charge in [-0.3, -0.25) is 9.59 Å². The van der Waals surface area contributed by atoms with E-state index < -0.39 is 0 Å². The Hall–Kier alpha value is -1.84. The smallest absolute Gasteiger partial charge is 0.251 e. The molecule has 1 N–H and O–H groups in total. The molecule has 0 spiro atoms. The second kappa shape index (κ2) is 5.65. The summed E-state index contributed by atoms with van der Waals surface area (Å²) in [5.74, 6) is 0.409. The molecule has 108 valence electrons. The van der Waals surface area contributed by atoms with Crippen molar-refractivity contribution >= 4 is 17.5 Å². The Morgan fingerprint density at radius 1 is 1.25 bits per heavy atom. The lowest BCUT2D eigenvalue weighted by Gasteiger charge is -2.18. The van der Waals surface area contributed by atoms with Crippen LogP contribution >= 0.6 is 0 Å². The number of fused-ring (bicyclic) bond motifs is 1. The van der Waals surface area contributed by atoms with E-state index in [1.165, 1.54) is 0 Å². The molecule has 1 heterocycles. The SMILES string of the molecule is CC(=O)N1CCc2cc(C(=O)NC(C)C(C)C)ccc21. The summed E-state index contributed by atoms with van der Waals surface area (Å²) in [6, 6.07) is 5.71. The Kier molecular flexibility index (Phi) is 4.12. The minimum absolute atomic E-state index is 0.0460. The molecule has 20 heavy (non-hydrogen) atoms. The van der Waals surface area contributed by atoms with Crippen LogP contribution < -0.4 is 10.2 Å². The molecule has 0 bridgehead atoms. The first-order valence-electron chi connectivity index (χ1n) is 7.12. The lowest BCUT2D eigenvalue weighted by atomic mass is 10.0. The van der Waals surface area contributed by atoms with E-state index in [0.717, 1.165) is 17.7 Å². The van der Waals surface area contributed by atoms with Crippen molar-refractivity contribution in [3.8, 4) is 0 Å². The molecular weight excluding hydrogens is 252 g/mol. The normalized spacial score (nSPS) is 15.2. The highest BCUT2D eigenvalue weighted by Crippen LogP contribution is 2.28. The van der Waals surface area contributed by atoms with Crippen LogP contribution in [0, 0.1) is 5.92 Å². The van der Waals surface area contributed by atoms with Crippen LogP contribution in [0.4, 0.5) is 5.69 Å². The summed E-state index contributed by atoms with van der Waals surface area (Å²) in [4.78, 5) is 25.4. The highest BCUT2D eigenvalue weighted by molar-refractivity contribution is 5.97. The van der Waals surface area contributed by atoms with E-state index in [2.05, 4.69) is 19.2 Å². The molecule has 1 atom stereocenters. The third-order valence-electron chi connectivity index (χ3n) is 3.98. The van der Waals surface area contributed by atoms with Gasteiger partial charge in [-0.25, -0.2) is 0 Å². The van der Waals surface area contributed by atoms with E-state index >= 15 is 0 Å². The van der Waals surface area contributed by atoms with Gasteiger partial charge in [0.1, 0.15) is 0 Å². The molecule has 2 rings (SSSR count). The third-order valence-corrected chi connectivity index (χ3v) is 3.98. The maximum atomic E-state index is 12.2. The van der Waals surface area contributed by atoms with E-state index in [1.807, 2.05) is 19.1 Å². The minimum atomic E-state index is -0.0460. The lowest BCUT2D eigenvalue weighted by molar-refractivity contribution is -0.116. The minimum Gasteiger partial charge on any atom is -0.349 e. The van der Waals surface area contributed by atoms with Gasteiger partial charge in [0.05, 0.1) is 0 Å². The fourth-order valence-electron chi connectivity index (χ4n) is 2.33. The average Bonchev–Trinajstić information content (AvgIpc) is 2.81. The quantitative estimate of drug-likeness (QED) is 0.920. The van der Waals surface area contributed by atoms with Crippen LogP contribution in [0.2, 0.25) is 0 Å². The number of carbonyl (C=O) groups excluding carboxylic acids is 2.